The number of rotatable bonds is 8. The summed E-state index contributed by atoms with van der Waals surface area (Å²) in [5.74, 6) is -0.714. The van der Waals surface area contributed by atoms with Gasteiger partial charge in [-0.1, -0.05) is 11.3 Å². The molecule has 31 heavy (non-hydrogen) atoms. The van der Waals surface area contributed by atoms with Gasteiger partial charge in [0, 0.05) is 13.0 Å². The largest absolute Gasteiger partial charge is 0.487 e. The second-order valence-corrected chi connectivity index (χ2v) is 8.52. The molecule has 1 aliphatic carbocycles. The van der Waals surface area contributed by atoms with E-state index in [1.807, 2.05) is 6.92 Å². The minimum atomic E-state index is -4.49. The second kappa shape index (κ2) is 9.99. The number of carbonyl (C=O) groups excluding carboxylic acids is 1. The van der Waals surface area contributed by atoms with Crippen LogP contribution in [-0.2, 0) is 9.53 Å². The van der Waals surface area contributed by atoms with Crippen LogP contribution in [0.25, 0.3) is 10.2 Å². The Balaban J connectivity index is 1.53. The Bertz CT molecular complexity index is 897. The summed E-state index contributed by atoms with van der Waals surface area (Å²) in [4.78, 5) is 14.9. The smallest absolute Gasteiger partial charge is 0.422 e. The van der Waals surface area contributed by atoms with Crippen LogP contribution in [0.15, 0.2) is 12.1 Å². The zero-order valence-electron chi connectivity index (χ0n) is 17.1. The Morgan fingerprint density at radius 2 is 1.94 bits per heavy atom. The standard InChI is InChI=1S/C20H24F4N2O4S/c1-11(25-12(2)27)9-28-13-3-5-14(6-4-13)30-16-8-7-15-18(17(16)21)31-19(26-15)29-10-20(22,23)24/h7-8,11,13-14H,3-6,9-10H2,1-2H3,(H,25,27)/t11-,13?,14?/m0/s1. The van der Waals surface area contributed by atoms with E-state index in [0.717, 1.165) is 12.8 Å². The van der Waals surface area contributed by atoms with E-state index in [4.69, 9.17) is 9.47 Å². The molecule has 1 aliphatic rings. The van der Waals surface area contributed by atoms with Crippen LogP contribution >= 0.6 is 11.3 Å². The molecule has 172 valence electrons. The average Bonchev–Trinajstić information content (AvgIpc) is 3.11. The number of hydrogen-bond donors (Lipinski definition) is 1. The third kappa shape index (κ3) is 6.93. The van der Waals surface area contributed by atoms with E-state index in [1.165, 1.54) is 19.1 Å². The molecule has 2 aromatic rings. The number of carbonyl (C=O) groups is 1. The van der Waals surface area contributed by atoms with Crippen molar-refractivity contribution in [1.29, 1.82) is 0 Å². The van der Waals surface area contributed by atoms with Gasteiger partial charge >= 0.3 is 6.18 Å². The Labute approximate surface area is 180 Å². The fourth-order valence-corrected chi connectivity index (χ4v) is 4.23. The molecule has 0 aliphatic heterocycles. The first-order valence-corrected chi connectivity index (χ1v) is 10.8. The van der Waals surface area contributed by atoms with Crippen LogP contribution in [0, 0.1) is 5.82 Å². The predicted octanol–water partition coefficient (Wildman–Crippen LogP) is 4.61. The van der Waals surface area contributed by atoms with Gasteiger partial charge in [0.1, 0.15) is 0 Å². The lowest BCUT2D eigenvalue weighted by atomic mass is 9.95. The number of fused-ring (bicyclic) bond motifs is 1. The van der Waals surface area contributed by atoms with Crippen LogP contribution in [0.3, 0.4) is 0 Å². The van der Waals surface area contributed by atoms with Gasteiger partial charge in [0.2, 0.25) is 5.91 Å². The van der Waals surface area contributed by atoms with Crippen molar-refractivity contribution in [3.8, 4) is 10.9 Å². The van der Waals surface area contributed by atoms with Crippen LogP contribution < -0.4 is 14.8 Å². The molecule has 6 nitrogen and oxygen atoms in total. The highest BCUT2D eigenvalue weighted by atomic mass is 32.1. The molecule has 0 radical (unpaired) electrons. The lowest BCUT2D eigenvalue weighted by Gasteiger charge is -2.30. The van der Waals surface area contributed by atoms with E-state index in [2.05, 4.69) is 15.0 Å². The lowest BCUT2D eigenvalue weighted by molar-refractivity contribution is -0.153. The summed E-state index contributed by atoms with van der Waals surface area (Å²) in [5, 5.41) is 2.52. The lowest BCUT2D eigenvalue weighted by Crippen LogP contribution is -2.36. The highest BCUT2D eigenvalue weighted by Gasteiger charge is 2.29. The second-order valence-electron chi connectivity index (χ2n) is 7.56. The van der Waals surface area contributed by atoms with Gasteiger partial charge in [0.05, 0.1) is 29.0 Å². The fraction of sp³-hybridized carbons (Fsp3) is 0.600. The molecule has 1 saturated carbocycles. The van der Waals surface area contributed by atoms with Crippen LogP contribution in [-0.4, -0.2) is 48.5 Å². The zero-order valence-corrected chi connectivity index (χ0v) is 17.9. The number of nitrogens with one attached hydrogen (secondary N) is 1. The normalized spacial score (nSPS) is 20.5. The summed E-state index contributed by atoms with van der Waals surface area (Å²) in [6, 6.07) is 2.86. The quantitative estimate of drug-likeness (QED) is 0.578. The third-order valence-electron chi connectivity index (χ3n) is 4.75. The summed E-state index contributed by atoms with van der Waals surface area (Å²) >= 11 is 0.716. The van der Waals surface area contributed by atoms with Gasteiger partial charge in [0.15, 0.2) is 18.2 Å². The first kappa shape index (κ1) is 23.5. The molecule has 1 amide bonds. The van der Waals surface area contributed by atoms with Crippen molar-refractivity contribution in [2.75, 3.05) is 13.2 Å². The minimum Gasteiger partial charge on any atom is -0.487 e. The first-order chi connectivity index (χ1) is 14.6. The zero-order chi connectivity index (χ0) is 22.6. The van der Waals surface area contributed by atoms with Crippen LogP contribution in [0.5, 0.6) is 10.9 Å². The monoisotopic (exact) mass is 464 g/mol. The number of alkyl halides is 3. The van der Waals surface area contributed by atoms with Gasteiger partial charge in [-0.3, -0.25) is 4.79 Å². The highest BCUT2D eigenvalue weighted by Crippen LogP contribution is 2.36. The summed E-state index contributed by atoms with van der Waals surface area (Å²) in [6.07, 6.45) is -1.77. The van der Waals surface area contributed by atoms with Crippen molar-refractivity contribution in [2.45, 2.75) is 64.0 Å². The van der Waals surface area contributed by atoms with E-state index < -0.39 is 18.6 Å². The maximum atomic E-state index is 14.8. The summed E-state index contributed by atoms with van der Waals surface area (Å²) in [6.45, 7) is 2.27. The number of ether oxygens (including phenoxy) is 3. The molecule has 1 fully saturated rings. The molecule has 0 spiro atoms. The fourth-order valence-electron chi connectivity index (χ4n) is 3.38. The molecule has 3 rings (SSSR count). The molecule has 11 heteroatoms. The van der Waals surface area contributed by atoms with Crippen molar-refractivity contribution in [1.82, 2.24) is 10.3 Å². The maximum absolute atomic E-state index is 14.8. The maximum Gasteiger partial charge on any atom is 0.422 e. The number of nitrogens with zero attached hydrogens (tertiary/aromatic N) is 1. The summed E-state index contributed by atoms with van der Waals surface area (Å²) in [5.41, 5.74) is 0.220. The third-order valence-corrected chi connectivity index (χ3v) is 5.72. The van der Waals surface area contributed by atoms with Gasteiger partial charge in [-0.15, -0.1) is 0 Å². The topological polar surface area (TPSA) is 69.7 Å². The number of thiazole rings is 1. The minimum absolute atomic E-state index is 0.0437. The number of benzene rings is 1. The molecule has 0 saturated heterocycles. The van der Waals surface area contributed by atoms with Gasteiger partial charge in [-0.05, 0) is 44.7 Å². The molecule has 0 bridgehead atoms. The van der Waals surface area contributed by atoms with Gasteiger partial charge in [-0.2, -0.15) is 13.2 Å². The van der Waals surface area contributed by atoms with Gasteiger partial charge < -0.3 is 19.5 Å². The predicted molar refractivity (Wildman–Crippen MR) is 107 cm³/mol. The Morgan fingerprint density at radius 3 is 2.58 bits per heavy atom. The molecule has 1 aromatic carbocycles. The number of halogens is 4. The molecule has 1 atom stereocenters. The van der Waals surface area contributed by atoms with Crippen LogP contribution in [0.1, 0.15) is 39.5 Å². The van der Waals surface area contributed by atoms with E-state index in [1.54, 1.807) is 0 Å². The summed E-state index contributed by atoms with van der Waals surface area (Å²) < 4.78 is 68.1. The van der Waals surface area contributed by atoms with E-state index in [0.29, 0.717) is 30.8 Å². The van der Waals surface area contributed by atoms with Gasteiger partial charge in [0.25, 0.3) is 5.19 Å². The average molecular weight is 464 g/mol. The number of amides is 1. The van der Waals surface area contributed by atoms with Gasteiger partial charge in [-0.25, -0.2) is 9.37 Å². The van der Waals surface area contributed by atoms with Crippen LogP contribution in [0.4, 0.5) is 17.6 Å². The van der Waals surface area contributed by atoms with Crippen molar-refractivity contribution in [2.24, 2.45) is 0 Å². The van der Waals surface area contributed by atoms with Crippen molar-refractivity contribution in [3.63, 3.8) is 0 Å². The van der Waals surface area contributed by atoms with E-state index in [9.17, 15) is 22.4 Å². The molecular formula is C20H24F4N2O4S. The molecular weight excluding hydrogens is 440 g/mol. The molecule has 1 N–H and O–H groups in total. The molecule has 1 aromatic heterocycles. The summed E-state index contributed by atoms with van der Waals surface area (Å²) in [7, 11) is 0. The molecule has 0 unspecified atom stereocenters. The Morgan fingerprint density at radius 1 is 1.26 bits per heavy atom. The Hall–Kier alpha value is -2.14. The van der Waals surface area contributed by atoms with Crippen molar-refractivity contribution < 1.29 is 36.6 Å². The first-order valence-electron chi connectivity index (χ1n) is 9.94. The van der Waals surface area contributed by atoms with Crippen molar-refractivity contribution in [3.05, 3.63) is 17.9 Å². The van der Waals surface area contributed by atoms with Crippen LogP contribution in [0.2, 0.25) is 0 Å². The number of hydrogen-bond acceptors (Lipinski definition) is 6. The SMILES string of the molecule is CC(=O)N[C@@H](C)COC1CCC(Oc2ccc3nc(OCC(F)(F)F)sc3c2F)CC1. The Kier molecular flexibility index (Phi) is 7.58. The highest BCUT2D eigenvalue weighted by molar-refractivity contribution is 7.20. The number of aromatic nitrogens is 1. The van der Waals surface area contributed by atoms with E-state index >= 15 is 0 Å². The molecule has 1 heterocycles. The van der Waals surface area contributed by atoms with Crippen molar-refractivity contribution >= 4 is 27.5 Å². The van der Waals surface area contributed by atoms with E-state index in [-0.39, 0.29) is 45.3 Å².